The van der Waals surface area contributed by atoms with Gasteiger partial charge < -0.3 is 20.4 Å². The summed E-state index contributed by atoms with van der Waals surface area (Å²) in [4.78, 5) is 14.0. The summed E-state index contributed by atoms with van der Waals surface area (Å²) in [6, 6.07) is 9.58. The molecule has 0 bridgehead atoms. The van der Waals surface area contributed by atoms with Crippen molar-refractivity contribution in [1.29, 1.82) is 0 Å². The molecule has 23 heavy (non-hydrogen) atoms. The number of likely N-dealkylation sites (tertiary alicyclic amines) is 1. The van der Waals surface area contributed by atoms with Gasteiger partial charge in [0, 0.05) is 19.6 Å². The second-order valence-corrected chi connectivity index (χ2v) is 6.90. The molecule has 1 aliphatic rings. The molecule has 2 rings (SSSR count). The van der Waals surface area contributed by atoms with Crippen LogP contribution in [0.2, 0.25) is 0 Å². The average Bonchev–Trinajstić information content (AvgIpc) is 2.51. The predicted octanol–water partition coefficient (Wildman–Crippen LogP) is 0.799. The van der Waals surface area contributed by atoms with E-state index in [-0.39, 0.29) is 12.5 Å². The maximum atomic E-state index is 12.3. The molecule has 0 unspecified atom stereocenters. The van der Waals surface area contributed by atoms with Gasteiger partial charge in [0.2, 0.25) is 5.91 Å². The van der Waals surface area contributed by atoms with Gasteiger partial charge in [-0.1, -0.05) is 44.2 Å². The van der Waals surface area contributed by atoms with E-state index in [0.717, 1.165) is 12.1 Å². The number of hydrogen-bond acceptors (Lipinski definition) is 4. The quantitative estimate of drug-likeness (QED) is 0.725. The Labute approximate surface area is 138 Å². The second-order valence-electron chi connectivity index (χ2n) is 6.90. The standard InChI is InChI=1S/C18H28N2O3/c1-14(2)11-19-13-18(23)8-9-20(12-16(18)21)17(22)10-15-6-4-3-5-7-15/h3-7,14,16,19,21,23H,8-13H2,1-2H3/t16-,18-/m0/s1. The minimum absolute atomic E-state index is 0.00700. The molecule has 0 saturated carbocycles. The van der Waals surface area contributed by atoms with Crippen LogP contribution >= 0.6 is 0 Å². The Hall–Kier alpha value is -1.43. The van der Waals surface area contributed by atoms with Crippen LogP contribution in [-0.4, -0.2) is 58.9 Å². The zero-order valence-corrected chi connectivity index (χ0v) is 14.0. The van der Waals surface area contributed by atoms with Gasteiger partial charge in [0.1, 0.15) is 11.7 Å². The number of piperidine rings is 1. The Morgan fingerprint density at radius 3 is 2.70 bits per heavy atom. The fraction of sp³-hybridized carbons (Fsp3) is 0.611. The van der Waals surface area contributed by atoms with Gasteiger partial charge in [0.25, 0.3) is 0 Å². The molecule has 0 spiro atoms. The summed E-state index contributed by atoms with van der Waals surface area (Å²) in [5.74, 6) is 0.482. The maximum Gasteiger partial charge on any atom is 0.227 e. The highest BCUT2D eigenvalue weighted by molar-refractivity contribution is 5.79. The van der Waals surface area contributed by atoms with Crippen LogP contribution < -0.4 is 5.32 Å². The van der Waals surface area contributed by atoms with Crippen LogP contribution in [0.4, 0.5) is 0 Å². The number of nitrogens with zero attached hydrogens (tertiary/aromatic N) is 1. The van der Waals surface area contributed by atoms with Crippen molar-refractivity contribution in [2.24, 2.45) is 5.92 Å². The molecule has 5 heteroatoms. The fourth-order valence-corrected chi connectivity index (χ4v) is 2.86. The molecule has 1 aromatic carbocycles. The molecular formula is C18H28N2O3. The second kappa shape index (κ2) is 7.90. The van der Waals surface area contributed by atoms with E-state index in [1.165, 1.54) is 0 Å². The molecule has 1 heterocycles. The number of amides is 1. The van der Waals surface area contributed by atoms with Crippen molar-refractivity contribution in [2.75, 3.05) is 26.2 Å². The van der Waals surface area contributed by atoms with Crippen molar-refractivity contribution in [1.82, 2.24) is 10.2 Å². The van der Waals surface area contributed by atoms with Gasteiger partial charge in [-0.15, -0.1) is 0 Å². The number of β-amino-alcohol motifs (C(OH)–C–C–N with tert-alkyl or cyclic N) is 1. The summed E-state index contributed by atoms with van der Waals surface area (Å²) in [6.07, 6.45) is -0.201. The maximum absolute atomic E-state index is 12.3. The summed E-state index contributed by atoms with van der Waals surface area (Å²) in [7, 11) is 0. The highest BCUT2D eigenvalue weighted by Gasteiger charge is 2.41. The molecule has 2 atom stereocenters. The van der Waals surface area contributed by atoms with Crippen molar-refractivity contribution in [2.45, 2.75) is 38.4 Å². The zero-order chi connectivity index (χ0) is 16.9. The predicted molar refractivity (Wildman–Crippen MR) is 90.0 cm³/mol. The first-order chi connectivity index (χ1) is 10.9. The van der Waals surface area contributed by atoms with Crippen molar-refractivity contribution in [3.8, 4) is 0 Å². The van der Waals surface area contributed by atoms with Gasteiger partial charge in [0.15, 0.2) is 0 Å². The third-order valence-corrected chi connectivity index (χ3v) is 4.36. The van der Waals surface area contributed by atoms with E-state index >= 15 is 0 Å². The highest BCUT2D eigenvalue weighted by atomic mass is 16.3. The lowest BCUT2D eigenvalue weighted by Gasteiger charge is -2.42. The van der Waals surface area contributed by atoms with E-state index in [9.17, 15) is 15.0 Å². The summed E-state index contributed by atoms with van der Waals surface area (Å²) in [5, 5.41) is 24.1. The first-order valence-corrected chi connectivity index (χ1v) is 8.33. The van der Waals surface area contributed by atoms with E-state index in [1.807, 2.05) is 30.3 Å². The third kappa shape index (κ3) is 5.03. The molecule has 3 N–H and O–H groups in total. The van der Waals surface area contributed by atoms with Crippen LogP contribution in [0.3, 0.4) is 0 Å². The molecular weight excluding hydrogens is 292 g/mol. The Morgan fingerprint density at radius 2 is 2.09 bits per heavy atom. The Morgan fingerprint density at radius 1 is 1.39 bits per heavy atom. The highest BCUT2D eigenvalue weighted by Crippen LogP contribution is 2.23. The SMILES string of the molecule is CC(C)CNC[C@@]1(O)CCN(C(=O)Cc2ccccc2)C[C@@H]1O. The van der Waals surface area contributed by atoms with Gasteiger partial charge in [0.05, 0.1) is 6.42 Å². The lowest BCUT2D eigenvalue weighted by Crippen LogP contribution is -2.61. The third-order valence-electron chi connectivity index (χ3n) is 4.36. The lowest BCUT2D eigenvalue weighted by atomic mass is 9.88. The van der Waals surface area contributed by atoms with Crippen molar-refractivity contribution in [3.05, 3.63) is 35.9 Å². The summed E-state index contributed by atoms with van der Waals surface area (Å²) in [6.45, 7) is 6.00. The molecule has 0 aromatic heterocycles. The molecule has 0 aliphatic carbocycles. The Kier molecular flexibility index (Phi) is 6.16. The van der Waals surface area contributed by atoms with Crippen molar-refractivity contribution < 1.29 is 15.0 Å². The number of hydrogen-bond donors (Lipinski definition) is 3. The molecule has 0 radical (unpaired) electrons. The number of aliphatic hydroxyl groups excluding tert-OH is 1. The fourth-order valence-electron chi connectivity index (χ4n) is 2.86. The molecule has 1 fully saturated rings. The van der Waals surface area contributed by atoms with Crippen LogP contribution in [0.1, 0.15) is 25.8 Å². The van der Waals surface area contributed by atoms with Gasteiger partial charge in [-0.25, -0.2) is 0 Å². The number of aliphatic hydroxyl groups is 2. The van der Waals surface area contributed by atoms with E-state index in [1.54, 1.807) is 4.90 Å². The molecule has 1 aromatic rings. The molecule has 5 nitrogen and oxygen atoms in total. The van der Waals surface area contributed by atoms with E-state index in [4.69, 9.17) is 0 Å². The minimum Gasteiger partial charge on any atom is -0.388 e. The van der Waals surface area contributed by atoms with Crippen molar-refractivity contribution in [3.63, 3.8) is 0 Å². The zero-order valence-electron chi connectivity index (χ0n) is 14.0. The lowest BCUT2D eigenvalue weighted by molar-refractivity contribution is -0.148. The first-order valence-electron chi connectivity index (χ1n) is 8.33. The number of rotatable bonds is 6. The van der Waals surface area contributed by atoms with Gasteiger partial charge >= 0.3 is 0 Å². The normalized spacial score (nSPS) is 24.9. The van der Waals surface area contributed by atoms with Crippen molar-refractivity contribution >= 4 is 5.91 Å². The van der Waals surface area contributed by atoms with E-state index in [2.05, 4.69) is 19.2 Å². The van der Waals surface area contributed by atoms with E-state index < -0.39 is 11.7 Å². The van der Waals surface area contributed by atoms with Crippen LogP contribution in [0.5, 0.6) is 0 Å². The molecule has 1 saturated heterocycles. The van der Waals surface area contributed by atoms with Crippen LogP contribution in [0.25, 0.3) is 0 Å². The van der Waals surface area contributed by atoms with E-state index in [0.29, 0.717) is 31.8 Å². The van der Waals surface area contributed by atoms with Gasteiger partial charge in [-0.2, -0.15) is 0 Å². The number of nitrogens with one attached hydrogen (secondary N) is 1. The number of carbonyl (C=O) groups excluding carboxylic acids is 1. The Bertz CT molecular complexity index is 506. The monoisotopic (exact) mass is 320 g/mol. The summed E-state index contributed by atoms with van der Waals surface area (Å²) >= 11 is 0. The van der Waals surface area contributed by atoms with Gasteiger partial charge in [-0.3, -0.25) is 4.79 Å². The topological polar surface area (TPSA) is 72.8 Å². The molecule has 1 amide bonds. The smallest absolute Gasteiger partial charge is 0.227 e. The summed E-state index contributed by atoms with van der Waals surface area (Å²) in [5.41, 5.74) is -0.190. The molecule has 128 valence electrons. The molecule has 1 aliphatic heterocycles. The average molecular weight is 320 g/mol. The van der Waals surface area contributed by atoms with Crippen LogP contribution in [0, 0.1) is 5.92 Å². The largest absolute Gasteiger partial charge is 0.388 e. The number of carbonyl (C=O) groups is 1. The number of benzene rings is 1. The van der Waals surface area contributed by atoms with Crippen LogP contribution in [-0.2, 0) is 11.2 Å². The first kappa shape index (κ1) is 17.9. The van der Waals surface area contributed by atoms with Gasteiger partial charge in [-0.05, 0) is 24.4 Å². The van der Waals surface area contributed by atoms with Crippen LogP contribution in [0.15, 0.2) is 30.3 Å². The minimum atomic E-state index is -1.15. The summed E-state index contributed by atoms with van der Waals surface area (Å²) < 4.78 is 0. The Balaban J connectivity index is 1.86.